The van der Waals surface area contributed by atoms with Gasteiger partial charge in [0, 0.05) is 31.7 Å². The van der Waals surface area contributed by atoms with Crippen molar-refractivity contribution < 1.29 is 4.79 Å². The van der Waals surface area contributed by atoms with Gasteiger partial charge in [0.25, 0.3) is 0 Å². The second-order valence-electron chi connectivity index (χ2n) is 8.09. The van der Waals surface area contributed by atoms with Gasteiger partial charge in [0.1, 0.15) is 0 Å². The standard InChI is InChI=1S/C19H33N3O/c1-14-16(15(2)21(6)20-14)11-12-18(23)22-13-9-7-8-10-17(22)19(3,4)5/h17H,7-13H2,1-6H3/t17-/m1/s1. The maximum absolute atomic E-state index is 12.9. The van der Waals surface area contributed by atoms with Gasteiger partial charge in [-0.2, -0.15) is 5.10 Å². The Labute approximate surface area is 141 Å². The van der Waals surface area contributed by atoms with Crippen molar-refractivity contribution >= 4 is 5.91 Å². The van der Waals surface area contributed by atoms with Crippen LogP contribution in [0.15, 0.2) is 0 Å². The minimum absolute atomic E-state index is 0.153. The predicted octanol–water partition coefficient (Wildman–Crippen LogP) is 3.79. The van der Waals surface area contributed by atoms with Crippen molar-refractivity contribution in [2.75, 3.05) is 6.54 Å². The maximum Gasteiger partial charge on any atom is 0.223 e. The molecule has 1 aromatic heterocycles. The summed E-state index contributed by atoms with van der Waals surface area (Å²) in [7, 11) is 1.97. The van der Waals surface area contributed by atoms with Crippen LogP contribution in [0.1, 0.15) is 69.8 Å². The maximum atomic E-state index is 12.9. The normalized spacial score (nSPS) is 19.7. The van der Waals surface area contributed by atoms with Crippen LogP contribution < -0.4 is 0 Å². The van der Waals surface area contributed by atoms with Crippen LogP contribution in [0, 0.1) is 19.3 Å². The van der Waals surface area contributed by atoms with Gasteiger partial charge in [-0.25, -0.2) is 0 Å². The molecule has 0 bridgehead atoms. The summed E-state index contributed by atoms with van der Waals surface area (Å²) in [5.74, 6) is 0.314. The molecule has 1 aliphatic rings. The van der Waals surface area contributed by atoms with E-state index in [0.29, 0.717) is 18.4 Å². The van der Waals surface area contributed by atoms with Crippen molar-refractivity contribution in [2.24, 2.45) is 12.5 Å². The monoisotopic (exact) mass is 319 g/mol. The third-order valence-corrected chi connectivity index (χ3v) is 5.32. The number of likely N-dealkylation sites (tertiary alicyclic amines) is 1. The third-order valence-electron chi connectivity index (χ3n) is 5.32. The van der Waals surface area contributed by atoms with E-state index in [1.165, 1.54) is 24.1 Å². The van der Waals surface area contributed by atoms with E-state index in [0.717, 1.165) is 31.5 Å². The molecule has 0 aromatic carbocycles. The Morgan fingerprint density at radius 3 is 2.48 bits per heavy atom. The Balaban J connectivity index is 2.08. The zero-order valence-corrected chi connectivity index (χ0v) is 15.8. The average molecular weight is 319 g/mol. The molecule has 2 rings (SSSR count). The highest BCUT2D eigenvalue weighted by Gasteiger charge is 2.33. The highest BCUT2D eigenvalue weighted by atomic mass is 16.2. The summed E-state index contributed by atoms with van der Waals surface area (Å²) in [4.78, 5) is 15.1. The topological polar surface area (TPSA) is 38.1 Å². The number of carbonyl (C=O) groups is 1. The van der Waals surface area contributed by atoms with E-state index in [1.807, 2.05) is 18.7 Å². The summed E-state index contributed by atoms with van der Waals surface area (Å²) in [6.07, 6.45) is 6.17. The fraction of sp³-hybridized carbons (Fsp3) is 0.789. The van der Waals surface area contributed by atoms with Crippen molar-refractivity contribution in [3.8, 4) is 0 Å². The van der Waals surface area contributed by atoms with Crippen LogP contribution in [0.5, 0.6) is 0 Å². The number of nitrogens with zero attached hydrogens (tertiary/aromatic N) is 3. The zero-order chi connectivity index (χ0) is 17.2. The van der Waals surface area contributed by atoms with Gasteiger partial charge in [-0.3, -0.25) is 9.48 Å². The van der Waals surface area contributed by atoms with Crippen LogP contribution in [0.4, 0.5) is 0 Å². The molecule has 0 radical (unpaired) electrons. The lowest BCUT2D eigenvalue weighted by Crippen LogP contribution is -2.47. The van der Waals surface area contributed by atoms with Gasteiger partial charge in [0.2, 0.25) is 5.91 Å². The van der Waals surface area contributed by atoms with Gasteiger partial charge in [-0.1, -0.05) is 33.6 Å². The Morgan fingerprint density at radius 1 is 1.22 bits per heavy atom. The van der Waals surface area contributed by atoms with E-state index in [1.54, 1.807) is 0 Å². The molecule has 0 unspecified atom stereocenters. The molecule has 4 nitrogen and oxygen atoms in total. The second kappa shape index (κ2) is 7.06. The minimum Gasteiger partial charge on any atom is -0.339 e. The van der Waals surface area contributed by atoms with E-state index < -0.39 is 0 Å². The van der Waals surface area contributed by atoms with Crippen LogP contribution in [-0.2, 0) is 18.3 Å². The first kappa shape index (κ1) is 18.0. The highest BCUT2D eigenvalue weighted by molar-refractivity contribution is 5.77. The Bertz CT molecular complexity index is 554. The van der Waals surface area contributed by atoms with Gasteiger partial charge >= 0.3 is 0 Å². The molecule has 2 heterocycles. The molecule has 0 saturated carbocycles. The van der Waals surface area contributed by atoms with E-state index >= 15 is 0 Å². The molecule has 0 aliphatic carbocycles. The predicted molar refractivity (Wildman–Crippen MR) is 94.4 cm³/mol. The zero-order valence-electron chi connectivity index (χ0n) is 15.8. The molecule has 1 amide bonds. The fourth-order valence-corrected chi connectivity index (χ4v) is 3.86. The fourth-order valence-electron chi connectivity index (χ4n) is 3.86. The van der Waals surface area contributed by atoms with Crippen molar-refractivity contribution in [2.45, 2.75) is 79.2 Å². The Kier molecular flexibility index (Phi) is 5.53. The number of aromatic nitrogens is 2. The number of hydrogen-bond donors (Lipinski definition) is 0. The lowest BCUT2D eigenvalue weighted by Gasteiger charge is -2.39. The van der Waals surface area contributed by atoms with Gasteiger partial charge in [0.05, 0.1) is 5.69 Å². The van der Waals surface area contributed by atoms with E-state index in [-0.39, 0.29) is 5.41 Å². The molecule has 23 heavy (non-hydrogen) atoms. The average Bonchev–Trinajstić information content (AvgIpc) is 2.67. The summed E-state index contributed by atoms with van der Waals surface area (Å²) >= 11 is 0. The van der Waals surface area contributed by atoms with Crippen molar-refractivity contribution in [1.29, 1.82) is 0 Å². The molecule has 1 aromatic rings. The number of rotatable bonds is 3. The van der Waals surface area contributed by atoms with Crippen molar-refractivity contribution in [3.63, 3.8) is 0 Å². The lowest BCUT2D eigenvalue weighted by atomic mass is 9.83. The first-order valence-corrected chi connectivity index (χ1v) is 9.00. The Hall–Kier alpha value is -1.32. The van der Waals surface area contributed by atoms with E-state index in [9.17, 15) is 4.79 Å². The Morgan fingerprint density at radius 2 is 1.91 bits per heavy atom. The number of hydrogen-bond acceptors (Lipinski definition) is 2. The minimum atomic E-state index is 0.153. The molecule has 0 spiro atoms. The van der Waals surface area contributed by atoms with E-state index in [2.05, 4.69) is 37.7 Å². The molecular weight excluding hydrogens is 286 g/mol. The second-order valence-corrected chi connectivity index (χ2v) is 8.09. The SMILES string of the molecule is Cc1nn(C)c(C)c1CCC(=O)N1CCCCC[C@@H]1C(C)(C)C. The van der Waals surface area contributed by atoms with Gasteiger partial charge in [-0.15, -0.1) is 0 Å². The van der Waals surface area contributed by atoms with Crippen molar-refractivity contribution in [3.05, 3.63) is 17.0 Å². The smallest absolute Gasteiger partial charge is 0.223 e. The first-order chi connectivity index (χ1) is 10.7. The largest absolute Gasteiger partial charge is 0.339 e. The summed E-state index contributed by atoms with van der Waals surface area (Å²) in [6, 6.07) is 0.369. The number of aryl methyl sites for hydroxylation is 2. The molecule has 1 atom stereocenters. The molecule has 130 valence electrons. The molecule has 1 aliphatic heterocycles. The summed E-state index contributed by atoms with van der Waals surface area (Å²) in [5.41, 5.74) is 3.63. The lowest BCUT2D eigenvalue weighted by molar-refractivity contribution is -0.135. The summed E-state index contributed by atoms with van der Waals surface area (Å²) in [5, 5.41) is 4.46. The molecule has 0 N–H and O–H groups in total. The highest BCUT2D eigenvalue weighted by Crippen LogP contribution is 2.32. The summed E-state index contributed by atoms with van der Waals surface area (Å²) < 4.78 is 1.92. The summed E-state index contributed by atoms with van der Waals surface area (Å²) in [6.45, 7) is 11.8. The van der Waals surface area contributed by atoms with Crippen molar-refractivity contribution in [1.82, 2.24) is 14.7 Å². The van der Waals surface area contributed by atoms with Crippen LogP contribution >= 0.6 is 0 Å². The molecule has 4 heteroatoms. The van der Waals surface area contributed by atoms with Crippen LogP contribution in [0.3, 0.4) is 0 Å². The van der Waals surface area contributed by atoms with Crippen LogP contribution in [-0.4, -0.2) is 33.2 Å². The van der Waals surface area contributed by atoms with Crippen LogP contribution in [0.25, 0.3) is 0 Å². The van der Waals surface area contributed by atoms with Gasteiger partial charge < -0.3 is 4.90 Å². The quantitative estimate of drug-likeness (QED) is 0.850. The number of amides is 1. The van der Waals surface area contributed by atoms with E-state index in [4.69, 9.17) is 0 Å². The molecule has 1 fully saturated rings. The van der Waals surface area contributed by atoms with Crippen LogP contribution in [0.2, 0.25) is 0 Å². The van der Waals surface area contributed by atoms with Gasteiger partial charge in [-0.05, 0) is 44.1 Å². The molecule has 1 saturated heterocycles. The number of carbonyl (C=O) groups excluding carboxylic acids is 1. The van der Waals surface area contributed by atoms with Gasteiger partial charge in [0.15, 0.2) is 0 Å². The molecular formula is C19H33N3O. The third kappa shape index (κ3) is 4.15. The first-order valence-electron chi connectivity index (χ1n) is 9.00.